The summed E-state index contributed by atoms with van der Waals surface area (Å²) in [5.41, 5.74) is -0.348. The molecule has 5 rings (SSSR count). The van der Waals surface area contributed by atoms with E-state index in [1.165, 1.54) is 10.6 Å². The van der Waals surface area contributed by atoms with Gasteiger partial charge < -0.3 is 9.88 Å². The molecule has 1 atom stereocenters. The highest BCUT2D eigenvalue weighted by atomic mass is 32.2. The van der Waals surface area contributed by atoms with Gasteiger partial charge in [-0.15, -0.1) is 0 Å². The van der Waals surface area contributed by atoms with E-state index < -0.39 is 21.8 Å². The van der Waals surface area contributed by atoms with Crippen molar-refractivity contribution in [1.29, 1.82) is 0 Å². The van der Waals surface area contributed by atoms with Gasteiger partial charge in [-0.2, -0.15) is 17.5 Å². The average Bonchev–Trinajstić information content (AvgIpc) is 3.17. The third-order valence-electron chi connectivity index (χ3n) is 6.42. The van der Waals surface area contributed by atoms with E-state index >= 15 is 0 Å². The van der Waals surface area contributed by atoms with Crippen molar-refractivity contribution in [1.82, 2.24) is 19.3 Å². The van der Waals surface area contributed by atoms with E-state index in [0.717, 1.165) is 48.3 Å². The van der Waals surface area contributed by atoms with Crippen LogP contribution in [0.1, 0.15) is 18.4 Å². The molecule has 2 fully saturated rings. The Morgan fingerprint density at radius 2 is 1.87 bits per heavy atom. The van der Waals surface area contributed by atoms with Crippen molar-refractivity contribution in [2.24, 2.45) is 5.41 Å². The molecule has 1 saturated carbocycles. The minimum absolute atomic E-state index is 0.0928. The lowest BCUT2D eigenvalue weighted by Crippen LogP contribution is -2.40. The number of nitrogens with zero attached hydrogens (tertiary/aromatic N) is 4. The van der Waals surface area contributed by atoms with Crippen LogP contribution in [-0.2, 0) is 16.2 Å². The van der Waals surface area contributed by atoms with Gasteiger partial charge in [0.05, 0.1) is 21.9 Å². The smallest absolute Gasteiger partial charge is 0.354 e. The molecule has 3 heterocycles. The van der Waals surface area contributed by atoms with Crippen LogP contribution in [0.15, 0.2) is 47.8 Å². The summed E-state index contributed by atoms with van der Waals surface area (Å²) in [6, 6.07) is 5.47. The number of anilines is 1. The van der Waals surface area contributed by atoms with Crippen molar-refractivity contribution in [2.45, 2.75) is 30.0 Å². The third kappa shape index (κ3) is 3.26. The SMILES string of the molecule is CN(c1ncnc2[nH]ccc12)[C@H]1CN(S(=O)(=O)c2ccc(C(F)(F)F)cc2)CC12CC2. The first kappa shape index (κ1) is 20.3. The van der Waals surface area contributed by atoms with Crippen LogP contribution in [0.3, 0.4) is 0 Å². The second kappa shape index (κ2) is 6.67. The summed E-state index contributed by atoms with van der Waals surface area (Å²) in [5.74, 6) is 0.719. The summed E-state index contributed by atoms with van der Waals surface area (Å²) in [4.78, 5) is 13.5. The van der Waals surface area contributed by atoms with Crippen LogP contribution in [0.25, 0.3) is 11.0 Å². The summed E-state index contributed by atoms with van der Waals surface area (Å²) in [6.07, 6.45) is 0.517. The van der Waals surface area contributed by atoms with Crippen molar-refractivity contribution in [3.05, 3.63) is 48.4 Å². The molecule has 0 radical (unpaired) electrons. The first-order chi connectivity index (χ1) is 14.6. The molecule has 1 spiro atoms. The van der Waals surface area contributed by atoms with Crippen molar-refractivity contribution < 1.29 is 21.6 Å². The Morgan fingerprint density at radius 3 is 2.52 bits per heavy atom. The summed E-state index contributed by atoms with van der Waals surface area (Å²) in [5, 5.41) is 0.852. The predicted octanol–water partition coefficient (Wildman–Crippen LogP) is 3.27. The molecule has 1 aliphatic heterocycles. The zero-order chi connectivity index (χ0) is 22.0. The summed E-state index contributed by atoms with van der Waals surface area (Å²) in [6.45, 7) is 0.586. The fourth-order valence-electron chi connectivity index (χ4n) is 4.53. The molecule has 11 heteroatoms. The number of likely N-dealkylation sites (N-methyl/N-ethyl adjacent to an activating group) is 1. The Morgan fingerprint density at radius 1 is 1.16 bits per heavy atom. The number of hydrogen-bond acceptors (Lipinski definition) is 5. The van der Waals surface area contributed by atoms with Crippen LogP contribution < -0.4 is 4.90 Å². The van der Waals surface area contributed by atoms with Gasteiger partial charge in [-0.1, -0.05) is 0 Å². The number of halogens is 3. The third-order valence-corrected chi connectivity index (χ3v) is 8.25. The van der Waals surface area contributed by atoms with Gasteiger partial charge in [0.15, 0.2) is 0 Å². The normalized spacial score (nSPS) is 21.1. The quantitative estimate of drug-likeness (QED) is 0.659. The lowest BCUT2D eigenvalue weighted by molar-refractivity contribution is -0.137. The molecule has 7 nitrogen and oxygen atoms in total. The van der Waals surface area contributed by atoms with Gasteiger partial charge in [-0.3, -0.25) is 0 Å². The molecule has 1 saturated heterocycles. The number of aromatic nitrogens is 3. The number of nitrogens with one attached hydrogen (secondary N) is 1. The van der Waals surface area contributed by atoms with Gasteiger partial charge in [0.2, 0.25) is 10.0 Å². The van der Waals surface area contributed by atoms with Crippen LogP contribution in [-0.4, -0.2) is 53.9 Å². The Kier molecular flexibility index (Phi) is 4.36. The van der Waals surface area contributed by atoms with Gasteiger partial charge in [0.25, 0.3) is 0 Å². The zero-order valence-corrected chi connectivity index (χ0v) is 17.4. The van der Waals surface area contributed by atoms with Crippen molar-refractivity contribution in [3.8, 4) is 0 Å². The molecular formula is C20H20F3N5O2S. The molecular weight excluding hydrogens is 431 g/mol. The number of aromatic amines is 1. The second-order valence-electron chi connectivity index (χ2n) is 8.25. The fraction of sp³-hybridized carbons (Fsp3) is 0.400. The fourth-order valence-corrected chi connectivity index (χ4v) is 6.07. The maximum atomic E-state index is 13.2. The van der Waals surface area contributed by atoms with Gasteiger partial charge in [-0.25, -0.2) is 18.4 Å². The van der Waals surface area contributed by atoms with Crippen LogP contribution in [0.5, 0.6) is 0 Å². The molecule has 1 aromatic carbocycles. The van der Waals surface area contributed by atoms with E-state index in [1.54, 1.807) is 6.20 Å². The number of rotatable bonds is 4. The first-order valence-electron chi connectivity index (χ1n) is 9.80. The molecule has 0 bridgehead atoms. The molecule has 1 aliphatic carbocycles. The van der Waals surface area contributed by atoms with Crippen molar-refractivity contribution in [3.63, 3.8) is 0 Å². The Labute approximate surface area is 177 Å². The maximum Gasteiger partial charge on any atom is 0.416 e. The molecule has 3 aromatic rings. The van der Waals surface area contributed by atoms with E-state index in [-0.39, 0.29) is 22.9 Å². The van der Waals surface area contributed by atoms with Crippen LogP contribution in [0.2, 0.25) is 0 Å². The summed E-state index contributed by atoms with van der Waals surface area (Å²) in [7, 11) is -2.02. The molecule has 0 unspecified atom stereocenters. The van der Waals surface area contributed by atoms with E-state index in [0.29, 0.717) is 12.2 Å². The highest BCUT2D eigenvalue weighted by molar-refractivity contribution is 7.89. The minimum atomic E-state index is -4.51. The Bertz CT molecular complexity index is 1240. The minimum Gasteiger partial charge on any atom is -0.354 e. The van der Waals surface area contributed by atoms with Crippen LogP contribution >= 0.6 is 0 Å². The second-order valence-corrected chi connectivity index (χ2v) is 10.2. The number of H-pyrrole nitrogens is 1. The summed E-state index contributed by atoms with van der Waals surface area (Å²) < 4.78 is 66.3. The van der Waals surface area contributed by atoms with Crippen molar-refractivity contribution in [2.75, 3.05) is 25.0 Å². The zero-order valence-electron chi connectivity index (χ0n) is 16.6. The van der Waals surface area contributed by atoms with Gasteiger partial charge in [0, 0.05) is 31.7 Å². The number of fused-ring (bicyclic) bond motifs is 1. The topological polar surface area (TPSA) is 82.2 Å². The number of alkyl halides is 3. The Hall–Kier alpha value is -2.66. The highest BCUT2D eigenvalue weighted by Crippen LogP contribution is 2.55. The van der Waals surface area contributed by atoms with E-state index in [4.69, 9.17) is 0 Å². The van der Waals surface area contributed by atoms with Crippen LogP contribution in [0.4, 0.5) is 19.0 Å². The number of benzene rings is 1. The maximum absolute atomic E-state index is 13.2. The molecule has 2 aliphatic rings. The molecule has 1 N–H and O–H groups in total. The van der Waals surface area contributed by atoms with Gasteiger partial charge in [0.1, 0.15) is 17.8 Å². The molecule has 0 amide bonds. The number of hydrogen-bond donors (Lipinski definition) is 1. The van der Waals surface area contributed by atoms with Gasteiger partial charge >= 0.3 is 6.18 Å². The van der Waals surface area contributed by atoms with Crippen LogP contribution in [0, 0.1) is 5.41 Å². The highest BCUT2D eigenvalue weighted by Gasteiger charge is 2.59. The monoisotopic (exact) mass is 451 g/mol. The number of sulfonamides is 1. The largest absolute Gasteiger partial charge is 0.416 e. The lowest BCUT2D eigenvalue weighted by Gasteiger charge is -2.30. The Balaban J connectivity index is 1.43. The standard InChI is InChI=1S/C20H20F3N5O2S/c1-27(18-15-6-9-24-17(15)25-12-26-18)16-10-28(11-19(16)7-8-19)31(29,30)14-4-2-13(3-5-14)20(21,22)23/h2-6,9,12,16H,7-8,10-11H2,1H3,(H,24,25,26)/t16-/m0/s1. The van der Waals surface area contributed by atoms with E-state index in [2.05, 4.69) is 15.0 Å². The molecule has 31 heavy (non-hydrogen) atoms. The van der Waals surface area contributed by atoms with E-state index in [9.17, 15) is 21.6 Å². The predicted molar refractivity (Wildman–Crippen MR) is 108 cm³/mol. The summed E-state index contributed by atoms with van der Waals surface area (Å²) >= 11 is 0. The lowest BCUT2D eigenvalue weighted by atomic mass is 9.99. The van der Waals surface area contributed by atoms with Gasteiger partial charge in [-0.05, 0) is 43.2 Å². The average molecular weight is 451 g/mol. The first-order valence-corrected chi connectivity index (χ1v) is 11.2. The molecule has 2 aromatic heterocycles. The molecule has 164 valence electrons. The van der Waals surface area contributed by atoms with Crippen molar-refractivity contribution >= 4 is 26.9 Å². The van der Waals surface area contributed by atoms with E-state index in [1.807, 2.05) is 18.0 Å².